The van der Waals surface area contributed by atoms with Crippen LogP contribution in [0, 0.1) is 0 Å². The van der Waals surface area contributed by atoms with E-state index in [0.29, 0.717) is 22.3 Å². The molecule has 3 aromatic rings. The van der Waals surface area contributed by atoms with Crippen molar-refractivity contribution in [2.24, 2.45) is 0 Å². The Balaban J connectivity index is 1.66. The van der Waals surface area contributed by atoms with Crippen LogP contribution in [0.25, 0.3) is 11.4 Å². The number of hydrogen-bond acceptors (Lipinski definition) is 5. The first kappa shape index (κ1) is 14.6. The van der Waals surface area contributed by atoms with Crippen molar-refractivity contribution in [1.29, 1.82) is 0 Å². The highest BCUT2D eigenvalue weighted by Crippen LogP contribution is 2.21. The van der Waals surface area contributed by atoms with Gasteiger partial charge in [-0.2, -0.15) is 0 Å². The summed E-state index contributed by atoms with van der Waals surface area (Å²) in [6.45, 7) is 0.431. The minimum Gasteiger partial charge on any atom is -0.347 e. The van der Waals surface area contributed by atoms with Gasteiger partial charge in [0.05, 0.1) is 16.4 Å². The molecule has 0 spiro atoms. The molecule has 3 heterocycles. The number of nitrogens with zero attached hydrogens (tertiary/aromatic N) is 3. The van der Waals surface area contributed by atoms with Gasteiger partial charge in [-0.05, 0) is 24.3 Å². The van der Waals surface area contributed by atoms with Crippen molar-refractivity contribution >= 4 is 28.8 Å². The molecule has 0 atom stereocenters. The van der Waals surface area contributed by atoms with E-state index in [0.717, 1.165) is 10.4 Å². The highest BCUT2D eigenvalue weighted by molar-refractivity contribution is 7.16. The Morgan fingerprint density at radius 1 is 1.18 bits per heavy atom. The summed E-state index contributed by atoms with van der Waals surface area (Å²) in [6.07, 6.45) is 6.37. The van der Waals surface area contributed by atoms with E-state index in [1.165, 1.54) is 23.7 Å². The smallest absolute Gasteiger partial charge is 0.254 e. The van der Waals surface area contributed by atoms with Crippen molar-refractivity contribution in [3.05, 3.63) is 63.8 Å². The van der Waals surface area contributed by atoms with Crippen LogP contribution in [0.1, 0.15) is 15.2 Å². The zero-order valence-electron chi connectivity index (χ0n) is 11.4. The molecule has 3 aromatic heterocycles. The predicted molar refractivity (Wildman–Crippen MR) is 85.8 cm³/mol. The van der Waals surface area contributed by atoms with Crippen LogP contribution in [-0.4, -0.2) is 20.9 Å². The SMILES string of the molecule is O=C(NCc1ccc(Cl)s1)c1cnc(-c2cccnc2)nc1. The molecule has 0 aromatic carbocycles. The van der Waals surface area contributed by atoms with Gasteiger partial charge < -0.3 is 5.32 Å². The Bertz CT molecular complexity index is 774. The molecule has 0 saturated carbocycles. The monoisotopic (exact) mass is 330 g/mol. The topological polar surface area (TPSA) is 67.8 Å². The fraction of sp³-hybridized carbons (Fsp3) is 0.0667. The van der Waals surface area contributed by atoms with Crippen molar-refractivity contribution in [3.63, 3.8) is 0 Å². The average molecular weight is 331 g/mol. The summed E-state index contributed by atoms with van der Waals surface area (Å²) in [5.74, 6) is 0.317. The molecule has 0 aliphatic heterocycles. The molecular weight excluding hydrogens is 320 g/mol. The predicted octanol–water partition coefficient (Wildman–Crippen LogP) is 3.18. The second-order valence-electron chi connectivity index (χ2n) is 4.43. The highest BCUT2D eigenvalue weighted by Gasteiger charge is 2.08. The second-order valence-corrected chi connectivity index (χ2v) is 6.23. The van der Waals surface area contributed by atoms with E-state index in [4.69, 9.17) is 11.6 Å². The zero-order chi connectivity index (χ0) is 15.4. The summed E-state index contributed by atoms with van der Waals surface area (Å²) >= 11 is 7.29. The number of carbonyl (C=O) groups is 1. The first-order valence-corrected chi connectivity index (χ1v) is 7.66. The molecular formula is C15H11ClN4OS. The Morgan fingerprint density at radius 3 is 2.64 bits per heavy atom. The normalized spacial score (nSPS) is 10.4. The van der Waals surface area contributed by atoms with E-state index < -0.39 is 0 Å². The van der Waals surface area contributed by atoms with E-state index in [2.05, 4.69) is 20.3 Å². The number of carbonyl (C=O) groups excluding carboxylic acids is 1. The van der Waals surface area contributed by atoms with Gasteiger partial charge in [0, 0.05) is 35.2 Å². The third-order valence-electron chi connectivity index (χ3n) is 2.89. The summed E-state index contributed by atoms with van der Waals surface area (Å²) < 4.78 is 0.702. The number of pyridine rings is 1. The van der Waals surface area contributed by atoms with Gasteiger partial charge in [-0.25, -0.2) is 9.97 Å². The van der Waals surface area contributed by atoms with Crippen LogP contribution in [0.4, 0.5) is 0 Å². The van der Waals surface area contributed by atoms with Gasteiger partial charge in [0.2, 0.25) is 0 Å². The third-order valence-corrected chi connectivity index (χ3v) is 4.12. The fourth-order valence-corrected chi connectivity index (χ4v) is 2.83. The number of amides is 1. The Morgan fingerprint density at radius 2 is 2.00 bits per heavy atom. The molecule has 0 unspecified atom stereocenters. The highest BCUT2D eigenvalue weighted by atomic mass is 35.5. The lowest BCUT2D eigenvalue weighted by Crippen LogP contribution is -2.22. The Labute approximate surface area is 136 Å². The molecule has 1 N–H and O–H groups in total. The number of aromatic nitrogens is 3. The van der Waals surface area contributed by atoms with Crippen LogP contribution < -0.4 is 5.32 Å². The van der Waals surface area contributed by atoms with Crippen molar-refractivity contribution in [2.45, 2.75) is 6.54 Å². The molecule has 110 valence electrons. The molecule has 0 saturated heterocycles. The number of rotatable bonds is 4. The molecule has 0 fully saturated rings. The van der Waals surface area contributed by atoms with Crippen LogP contribution >= 0.6 is 22.9 Å². The fourth-order valence-electron chi connectivity index (χ4n) is 1.81. The molecule has 0 bridgehead atoms. The Kier molecular flexibility index (Phi) is 4.41. The molecule has 3 rings (SSSR count). The molecule has 5 nitrogen and oxygen atoms in total. The van der Waals surface area contributed by atoms with Crippen LogP contribution in [-0.2, 0) is 6.54 Å². The summed E-state index contributed by atoms with van der Waals surface area (Å²) in [7, 11) is 0. The van der Waals surface area contributed by atoms with Crippen LogP contribution in [0.3, 0.4) is 0 Å². The quantitative estimate of drug-likeness (QED) is 0.797. The molecule has 1 amide bonds. The van der Waals surface area contributed by atoms with E-state index >= 15 is 0 Å². The van der Waals surface area contributed by atoms with Gasteiger partial charge in [0.25, 0.3) is 5.91 Å². The van der Waals surface area contributed by atoms with Gasteiger partial charge in [-0.15, -0.1) is 11.3 Å². The summed E-state index contributed by atoms with van der Waals surface area (Å²) in [5.41, 5.74) is 1.22. The first-order chi connectivity index (χ1) is 10.7. The van der Waals surface area contributed by atoms with Crippen molar-refractivity contribution in [1.82, 2.24) is 20.3 Å². The average Bonchev–Trinajstić information content (AvgIpc) is 2.99. The summed E-state index contributed by atoms with van der Waals surface area (Å²) in [6, 6.07) is 7.36. The van der Waals surface area contributed by atoms with Gasteiger partial charge in [0.15, 0.2) is 5.82 Å². The molecule has 22 heavy (non-hydrogen) atoms. The molecule has 0 aliphatic rings. The van der Waals surface area contributed by atoms with Gasteiger partial charge in [-0.3, -0.25) is 9.78 Å². The maximum absolute atomic E-state index is 12.0. The van der Waals surface area contributed by atoms with Crippen LogP contribution in [0.15, 0.2) is 49.1 Å². The second kappa shape index (κ2) is 6.64. The van der Waals surface area contributed by atoms with Gasteiger partial charge >= 0.3 is 0 Å². The summed E-state index contributed by atoms with van der Waals surface area (Å²) in [4.78, 5) is 25.4. The molecule has 7 heteroatoms. The van der Waals surface area contributed by atoms with Crippen molar-refractivity contribution in [3.8, 4) is 11.4 Å². The summed E-state index contributed by atoms with van der Waals surface area (Å²) in [5, 5.41) is 2.81. The van der Waals surface area contributed by atoms with Crippen molar-refractivity contribution < 1.29 is 4.79 Å². The number of thiophene rings is 1. The lowest BCUT2D eigenvalue weighted by Gasteiger charge is -2.04. The number of hydrogen-bond donors (Lipinski definition) is 1. The van der Waals surface area contributed by atoms with E-state index in [1.807, 2.05) is 18.2 Å². The number of nitrogens with one attached hydrogen (secondary N) is 1. The zero-order valence-corrected chi connectivity index (χ0v) is 12.9. The molecule has 0 aliphatic carbocycles. The lowest BCUT2D eigenvalue weighted by molar-refractivity contribution is 0.0950. The third kappa shape index (κ3) is 3.47. The minimum absolute atomic E-state index is 0.220. The maximum Gasteiger partial charge on any atom is 0.254 e. The van der Waals surface area contributed by atoms with Crippen LogP contribution in [0.2, 0.25) is 4.34 Å². The Hall–Kier alpha value is -2.31. The number of halogens is 1. The molecule has 0 radical (unpaired) electrons. The largest absolute Gasteiger partial charge is 0.347 e. The maximum atomic E-state index is 12.0. The standard InChI is InChI=1S/C15H11ClN4OS/c16-13-4-3-12(22-13)9-20-15(21)11-7-18-14(19-8-11)10-2-1-5-17-6-10/h1-8H,9H2,(H,20,21). The van der Waals surface area contributed by atoms with E-state index in [1.54, 1.807) is 18.5 Å². The van der Waals surface area contributed by atoms with Gasteiger partial charge in [0.1, 0.15) is 0 Å². The van der Waals surface area contributed by atoms with E-state index in [9.17, 15) is 4.79 Å². The van der Waals surface area contributed by atoms with Gasteiger partial charge in [-0.1, -0.05) is 11.6 Å². The first-order valence-electron chi connectivity index (χ1n) is 6.47. The lowest BCUT2D eigenvalue weighted by atomic mass is 10.2. The minimum atomic E-state index is -0.220. The van der Waals surface area contributed by atoms with Crippen molar-refractivity contribution in [2.75, 3.05) is 0 Å². The van der Waals surface area contributed by atoms with Crippen LogP contribution in [0.5, 0.6) is 0 Å². The van der Waals surface area contributed by atoms with E-state index in [-0.39, 0.29) is 5.91 Å².